The van der Waals surface area contributed by atoms with E-state index in [1.807, 2.05) is 62.4 Å². The van der Waals surface area contributed by atoms with Gasteiger partial charge in [-0.1, -0.05) is 75.2 Å². The number of hydrogen-bond donors (Lipinski definition) is 2. The van der Waals surface area contributed by atoms with Crippen molar-refractivity contribution in [3.63, 3.8) is 0 Å². The van der Waals surface area contributed by atoms with Gasteiger partial charge in [-0.2, -0.15) is 0 Å². The maximum Gasteiger partial charge on any atom is 0.323 e. The molecule has 158 valence electrons. The Morgan fingerprint density at radius 3 is 2.13 bits per heavy atom. The number of unbranched alkanes of at least 4 members (excludes halogenated alkanes) is 2. The molecule has 0 spiro atoms. The SMILES string of the molecule is CCCCN1C(=O)N(CCCC)[C@]2(c3ccccc3)C(=O)Nc3ccccc3[C@]12O. The van der Waals surface area contributed by atoms with Gasteiger partial charge in [0, 0.05) is 24.3 Å². The molecule has 6 heteroatoms. The topological polar surface area (TPSA) is 72.9 Å². The fourth-order valence-electron chi connectivity index (χ4n) is 4.86. The van der Waals surface area contributed by atoms with Gasteiger partial charge in [-0.25, -0.2) is 4.79 Å². The standard InChI is InChI=1S/C24H29N3O3/c1-3-5-16-26-22(29)27(17-6-4-2)24(30)19-14-10-11-15-20(19)25-21(28)23(24,26)18-12-8-7-9-13-18/h7-15,30H,3-6,16-17H2,1-2H3,(H,25,28)/t23-,24-/m1/s1. The first-order valence-electron chi connectivity index (χ1n) is 10.8. The number of amides is 3. The molecule has 2 aliphatic heterocycles. The van der Waals surface area contributed by atoms with E-state index in [-0.39, 0.29) is 11.9 Å². The zero-order chi connectivity index (χ0) is 21.4. The third-order valence-corrected chi connectivity index (χ3v) is 6.30. The molecule has 1 fully saturated rings. The summed E-state index contributed by atoms with van der Waals surface area (Å²) >= 11 is 0. The Morgan fingerprint density at radius 2 is 1.47 bits per heavy atom. The molecule has 2 aliphatic rings. The van der Waals surface area contributed by atoms with Crippen molar-refractivity contribution in [2.75, 3.05) is 18.4 Å². The van der Waals surface area contributed by atoms with Crippen molar-refractivity contribution >= 4 is 17.6 Å². The van der Waals surface area contributed by atoms with Gasteiger partial charge in [0.1, 0.15) is 0 Å². The molecule has 2 aromatic rings. The van der Waals surface area contributed by atoms with Crippen molar-refractivity contribution < 1.29 is 14.7 Å². The summed E-state index contributed by atoms with van der Waals surface area (Å²) < 4.78 is 0. The van der Waals surface area contributed by atoms with E-state index in [9.17, 15) is 14.7 Å². The van der Waals surface area contributed by atoms with Crippen LogP contribution in [0.25, 0.3) is 0 Å². The minimum absolute atomic E-state index is 0.296. The molecule has 0 radical (unpaired) electrons. The molecule has 1 saturated heterocycles. The maximum atomic E-state index is 13.8. The van der Waals surface area contributed by atoms with E-state index < -0.39 is 11.3 Å². The number of nitrogens with one attached hydrogen (secondary N) is 1. The monoisotopic (exact) mass is 407 g/mol. The molecule has 0 aliphatic carbocycles. The van der Waals surface area contributed by atoms with Crippen LogP contribution in [0.4, 0.5) is 10.5 Å². The van der Waals surface area contributed by atoms with Crippen LogP contribution in [-0.2, 0) is 16.1 Å². The van der Waals surface area contributed by atoms with Crippen LogP contribution in [0.3, 0.4) is 0 Å². The lowest BCUT2D eigenvalue weighted by Gasteiger charge is -2.49. The molecular formula is C24H29N3O3. The maximum absolute atomic E-state index is 13.8. The fraction of sp³-hybridized carbons (Fsp3) is 0.417. The number of para-hydroxylation sites is 1. The Morgan fingerprint density at radius 1 is 0.867 bits per heavy atom. The van der Waals surface area contributed by atoms with Crippen LogP contribution < -0.4 is 5.32 Å². The molecule has 30 heavy (non-hydrogen) atoms. The van der Waals surface area contributed by atoms with E-state index >= 15 is 0 Å². The molecule has 2 N–H and O–H groups in total. The lowest BCUT2D eigenvalue weighted by molar-refractivity contribution is -0.167. The van der Waals surface area contributed by atoms with Gasteiger partial charge in [0.25, 0.3) is 5.91 Å². The van der Waals surface area contributed by atoms with Gasteiger partial charge in [-0.05, 0) is 24.5 Å². The number of aliphatic hydroxyl groups is 1. The van der Waals surface area contributed by atoms with E-state index in [2.05, 4.69) is 5.32 Å². The van der Waals surface area contributed by atoms with Crippen LogP contribution in [0.1, 0.15) is 50.7 Å². The van der Waals surface area contributed by atoms with Crippen molar-refractivity contribution in [3.05, 3.63) is 65.7 Å². The zero-order valence-corrected chi connectivity index (χ0v) is 17.6. The highest BCUT2D eigenvalue weighted by atomic mass is 16.3. The van der Waals surface area contributed by atoms with Crippen molar-refractivity contribution in [1.82, 2.24) is 9.80 Å². The van der Waals surface area contributed by atoms with E-state index in [4.69, 9.17) is 0 Å². The Bertz CT molecular complexity index is 948. The first kappa shape index (κ1) is 20.4. The summed E-state index contributed by atoms with van der Waals surface area (Å²) in [4.78, 5) is 30.6. The highest BCUT2D eigenvalue weighted by Crippen LogP contribution is 2.57. The highest BCUT2D eigenvalue weighted by Gasteiger charge is 2.74. The lowest BCUT2D eigenvalue weighted by atomic mass is 9.72. The first-order chi connectivity index (χ1) is 14.5. The second-order valence-electron chi connectivity index (χ2n) is 8.04. The Labute approximate surface area is 177 Å². The molecular weight excluding hydrogens is 378 g/mol. The minimum atomic E-state index is -1.80. The molecule has 2 aromatic carbocycles. The van der Waals surface area contributed by atoms with Gasteiger partial charge in [-0.15, -0.1) is 0 Å². The molecule has 4 rings (SSSR count). The first-order valence-corrected chi connectivity index (χ1v) is 10.8. The summed E-state index contributed by atoms with van der Waals surface area (Å²) in [5.74, 6) is -0.377. The highest BCUT2D eigenvalue weighted by molar-refractivity contribution is 6.07. The Hall–Kier alpha value is -2.86. The second kappa shape index (κ2) is 7.76. The normalized spacial score (nSPS) is 25.2. The third-order valence-electron chi connectivity index (χ3n) is 6.30. The third kappa shape index (κ3) is 2.59. The molecule has 2 heterocycles. The van der Waals surface area contributed by atoms with Crippen molar-refractivity contribution in [2.45, 2.75) is 50.8 Å². The number of urea groups is 1. The largest absolute Gasteiger partial charge is 0.364 e. The molecule has 0 aromatic heterocycles. The smallest absolute Gasteiger partial charge is 0.323 e. The van der Waals surface area contributed by atoms with Crippen molar-refractivity contribution in [1.29, 1.82) is 0 Å². The average Bonchev–Trinajstić information content (AvgIpc) is 2.96. The fourth-order valence-corrected chi connectivity index (χ4v) is 4.86. The number of nitrogens with zero attached hydrogens (tertiary/aromatic N) is 2. The molecule has 2 atom stereocenters. The molecule has 0 bridgehead atoms. The van der Waals surface area contributed by atoms with Crippen LogP contribution >= 0.6 is 0 Å². The van der Waals surface area contributed by atoms with Gasteiger partial charge < -0.3 is 15.3 Å². The van der Waals surface area contributed by atoms with Gasteiger partial charge in [0.05, 0.1) is 0 Å². The molecule has 0 unspecified atom stereocenters. The Balaban J connectivity index is 2.04. The summed E-state index contributed by atoms with van der Waals surface area (Å²) in [6.07, 6.45) is 3.23. The van der Waals surface area contributed by atoms with Crippen LogP contribution in [0.5, 0.6) is 0 Å². The van der Waals surface area contributed by atoms with Crippen molar-refractivity contribution in [2.24, 2.45) is 0 Å². The Kier molecular flexibility index (Phi) is 5.28. The van der Waals surface area contributed by atoms with Gasteiger partial charge in [-0.3, -0.25) is 9.69 Å². The number of carbonyl (C=O) groups excluding carboxylic acids is 2. The number of fused-ring (bicyclic) bond motifs is 3. The summed E-state index contributed by atoms with van der Waals surface area (Å²) in [5.41, 5.74) is -1.64. The van der Waals surface area contributed by atoms with Gasteiger partial charge >= 0.3 is 6.03 Å². The van der Waals surface area contributed by atoms with Gasteiger partial charge in [0.2, 0.25) is 11.3 Å². The van der Waals surface area contributed by atoms with Crippen LogP contribution in [0, 0.1) is 0 Å². The quantitative estimate of drug-likeness (QED) is 0.728. The van der Waals surface area contributed by atoms with E-state index in [1.165, 1.54) is 4.90 Å². The summed E-state index contributed by atoms with van der Waals surface area (Å²) in [5, 5.41) is 15.4. The zero-order valence-electron chi connectivity index (χ0n) is 17.6. The second-order valence-corrected chi connectivity index (χ2v) is 8.04. The minimum Gasteiger partial charge on any atom is -0.364 e. The summed E-state index contributed by atoms with van der Waals surface area (Å²) in [7, 11) is 0. The van der Waals surface area contributed by atoms with E-state index in [1.54, 1.807) is 11.0 Å². The predicted octanol–water partition coefficient (Wildman–Crippen LogP) is 4.02. The molecule has 0 saturated carbocycles. The van der Waals surface area contributed by atoms with E-state index in [0.29, 0.717) is 29.9 Å². The average molecular weight is 408 g/mol. The van der Waals surface area contributed by atoms with Crippen LogP contribution in [0.2, 0.25) is 0 Å². The summed E-state index contributed by atoms with van der Waals surface area (Å²) in [6.45, 7) is 4.87. The van der Waals surface area contributed by atoms with Crippen molar-refractivity contribution in [3.8, 4) is 0 Å². The number of carbonyl (C=O) groups is 2. The summed E-state index contributed by atoms with van der Waals surface area (Å²) in [6, 6.07) is 16.2. The van der Waals surface area contributed by atoms with E-state index in [0.717, 1.165) is 25.7 Å². The van der Waals surface area contributed by atoms with Gasteiger partial charge in [0.15, 0.2) is 0 Å². The number of rotatable bonds is 7. The van der Waals surface area contributed by atoms with Crippen LogP contribution in [0.15, 0.2) is 54.6 Å². The molecule has 6 nitrogen and oxygen atoms in total. The lowest BCUT2D eigenvalue weighted by Crippen LogP contribution is -2.65. The number of hydrogen-bond acceptors (Lipinski definition) is 3. The molecule has 3 amide bonds. The number of anilines is 1. The van der Waals surface area contributed by atoms with Crippen LogP contribution in [-0.4, -0.2) is 39.9 Å². The number of benzene rings is 2. The predicted molar refractivity (Wildman–Crippen MR) is 116 cm³/mol.